The number of sulfonamides is 1. The number of hydrogen-bond donors (Lipinski definition) is 2. The summed E-state index contributed by atoms with van der Waals surface area (Å²) in [5, 5.41) is 13.6. The number of nitrogens with one attached hydrogen (secondary N) is 2. The van der Waals surface area contributed by atoms with Crippen LogP contribution in [0.3, 0.4) is 0 Å². The number of amides is 1. The highest BCUT2D eigenvalue weighted by atomic mass is 32.2. The lowest BCUT2D eigenvalue weighted by atomic mass is 10.1. The maximum absolute atomic E-state index is 12.6. The molecule has 0 aliphatic heterocycles. The van der Waals surface area contributed by atoms with Gasteiger partial charge in [-0.2, -0.15) is 0 Å². The lowest BCUT2D eigenvalue weighted by Crippen LogP contribution is -2.14. The molecule has 0 saturated heterocycles. The minimum absolute atomic E-state index is 0.00675. The summed E-state index contributed by atoms with van der Waals surface area (Å²) < 4.78 is 32.6. The Bertz CT molecular complexity index is 1220. The Morgan fingerprint density at radius 1 is 0.968 bits per heavy atom. The van der Waals surface area contributed by atoms with E-state index in [1.807, 2.05) is 0 Å². The summed E-state index contributed by atoms with van der Waals surface area (Å²) >= 11 is 0. The SMILES string of the molecule is COc1ccc(NS(=O)(=O)c2ccc(NC(=O)c3ccc(C)c([N+](=O)[O-])c3)cc2)cc1. The van der Waals surface area contributed by atoms with Crippen molar-refractivity contribution in [3.63, 3.8) is 0 Å². The summed E-state index contributed by atoms with van der Waals surface area (Å²) in [5.41, 5.74) is 1.13. The zero-order valence-electron chi connectivity index (χ0n) is 16.7. The topological polar surface area (TPSA) is 128 Å². The van der Waals surface area contributed by atoms with Crippen LogP contribution < -0.4 is 14.8 Å². The lowest BCUT2D eigenvalue weighted by molar-refractivity contribution is -0.385. The third-order valence-corrected chi connectivity index (χ3v) is 5.83. The van der Waals surface area contributed by atoms with Crippen molar-refractivity contribution in [3.8, 4) is 5.75 Å². The monoisotopic (exact) mass is 441 g/mol. The van der Waals surface area contributed by atoms with Crippen LogP contribution in [0, 0.1) is 17.0 Å². The molecule has 0 fully saturated rings. The summed E-state index contributed by atoms with van der Waals surface area (Å²) in [6.07, 6.45) is 0. The molecule has 0 unspecified atom stereocenters. The van der Waals surface area contributed by atoms with Gasteiger partial charge in [0.05, 0.1) is 16.9 Å². The molecule has 160 valence electrons. The van der Waals surface area contributed by atoms with Crippen LogP contribution >= 0.6 is 0 Å². The summed E-state index contributed by atoms with van der Waals surface area (Å²) in [6.45, 7) is 1.58. The molecule has 31 heavy (non-hydrogen) atoms. The van der Waals surface area contributed by atoms with Gasteiger partial charge in [0.2, 0.25) is 0 Å². The molecule has 3 aromatic carbocycles. The first-order valence-corrected chi connectivity index (χ1v) is 10.5. The van der Waals surface area contributed by atoms with Gasteiger partial charge in [-0.05, 0) is 61.5 Å². The van der Waals surface area contributed by atoms with Gasteiger partial charge in [-0.25, -0.2) is 8.42 Å². The zero-order chi connectivity index (χ0) is 22.6. The molecule has 1 amide bonds. The van der Waals surface area contributed by atoms with E-state index in [1.54, 1.807) is 31.2 Å². The second kappa shape index (κ2) is 8.84. The van der Waals surface area contributed by atoms with E-state index in [9.17, 15) is 23.3 Å². The first-order valence-electron chi connectivity index (χ1n) is 9.03. The highest BCUT2D eigenvalue weighted by Crippen LogP contribution is 2.22. The number of anilines is 2. The summed E-state index contributed by atoms with van der Waals surface area (Å²) in [5.74, 6) is 0.0528. The molecule has 0 atom stereocenters. The van der Waals surface area contributed by atoms with Crippen molar-refractivity contribution in [1.82, 2.24) is 0 Å². The molecule has 0 bridgehead atoms. The van der Waals surface area contributed by atoms with Gasteiger partial charge in [0.25, 0.3) is 21.6 Å². The van der Waals surface area contributed by atoms with Gasteiger partial charge in [0.15, 0.2) is 0 Å². The van der Waals surface area contributed by atoms with Gasteiger partial charge >= 0.3 is 0 Å². The average molecular weight is 441 g/mol. The Morgan fingerprint density at radius 2 is 1.58 bits per heavy atom. The standard InChI is InChI=1S/C21H19N3O6S/c1-14-3-4-15(13-20(14)24(26)27)21(25)22-16-7-11-19(12-8-16)31(28,29)23-17-5-9-18(30-2)10-6-17/h3-13,23H,1-2H3,(H,22,25). The molecule has 0 aromatic heterocycles. The fourth-order valence-corrected chi connectivity index (χ4v) is 3.80. The van der Waals surface area contributed by atoms with Crippen LogP contribution in [0.15, 0.2) is 71.6 Å². The van der Waals surface area contributed by atoms with Crippen LogP contribution in [-0.2, 0) is 10.0 Å². The first-order chi connectivity index (χ1) is 14.7. The van der Waals surface area contributed by atoms with Crippen molar-refractivity contribution in [2.24, 2.45) is 0 Å². The van der Waals surface area contributed by atoms with Crippen LogP contribution in [-0.4, -0.2) is 26.4 Å². The molecule has 0 aliphatic rings. The molecule has 0 saturated carbocycles. The largest absolute Gasteiger partial charge is 0.497 e. The summed E-state index contributed by atoms with van der Waals surface area (Å²) in [6, 6.07) is 16.1. The quantitative estimate of drug-likeness (QED) is 0.422. The number of ether oxygens (including phenoxy) is 1. The van der Waals surface area contributed by atoms with Gasteiger partial charge in [-0.3, -0.25) is 19.6 Å². The predicted octanol–water partition coefficient (Wildman–Crippen LogP) is 3.96. The number of aryl methyl sites for hydroxylation is 1. The maximum atomic E-state index is 12.6. The number of rotatable bonds is 7. The van der Waals surface area contributed by atoms with Gasteiger partial charge in [-0.1, -0.05) is 6.07 Å². The molecule has 9 nitrogen and oxygen atoms in total. The number of carbonyl (C=O) groups excluding carboxylic acids is 1. The molecule has 0 spiro atoms. The van der Waals surface area contributed by atoms with E-state index in [-0.39, 0.29) is 16.1 Å². The van der Waals surface area contributed by atoms with Crippen molar-refractivity contribution in [3.05, 3.63) is 88.0 Å². The summed E-state index contributed by atoms with van der Waals surface area (Å²) in [4.78, 5) is 22.9. The fourth-order valence-electron chi connectivity index (χ4n) is 2.74. The first kappa shape index (κ1) is 21.8. The smallest absolute Gasteiger partial charge is 0.273 e. The van der Waals surface area contributed by atoms with Crippen molar-refractivity contribution < 1.29 is 22.9 Å². The molecule has 3 aromatic rings. The number of benzene rings is 3. The molecule has 0 aliphatic carbocycles. The molecule has 0 heterocycles. The van der Waals surface area contributed by atoms with Gasteiger partial charge in [-0.15, -0.1) is 0 Å². The van der Waals surface area contributed by atoms with Gasteiger partial charge < -0.3 is 10.1 Å². The number of hydrogen-bond acceptors (Lipinski definition) is 6. The van der Waals surface area contributed by atoms with Crippen LogP contribution in [0.4, 0.5) is 17.1 Å². The van der Waals surface area contributed by atoms with E-state index in [4.69, 9.17) is 4.74 Å². The molecule has 2 N–H and O–H groups in total. The number of nitro benzene ring substituents is 1. The van der Waals surface area contributed by atoms with E-state index in [1.165, 1.54) is 49.6 Å². The Kier molecular flexibility index (Phi) is 6.21. The minimum Gasteiger partial charge on any atom is -0.497 e. The zero-order valence-corrected chi connectivity index (χ0v) is 17.5. The average Bonchev–Trinajstić information content (AvgIpc) is 2.74. The van der Waals surface area contributed by atoms with Crippen LogP contribution in [0.1, 0.15) is 15.9 Å². The van der Waals surface area contributed by atoms with E-state index in [2.05, 4.69) is 10.0 Å². The van der Waals surface area contributed by atoms with Gasteiger partial charge in [0.1, 0.15) is 5.75 Å². The summed E-state index contributed by atoms with van der Waals surface area (Å²) in [7, 11) is -2.32. The fraction of sp³-hybridized carbons (Fsp3) is 0.0952. The maximum Gasteiger partial charge on any atom is 0.273 e. The molecule has 3 rings (SSSR count). The highest BCUT2D eigenvalue weighted by Gasteiger charge is 2.17. The molecule has 10 heteroatoms. The van der Waals surface area contributed by atoms with E-state index < -0.39 is 20.9 Å². The number of nitro groups is 1. The second-order valence-electron chi connectivity index (χ2n) is 6.57. The second-order valence-corrected chi connectivity index (χ2v) is 8.25. The van der Waals surface area contributed by atoms with Gasteiger partial charge in [0, 0.05) is 28.6 Å². The molecular weight excluding hydrogens is 422 g/mol. The normalized spacial score (nSPS) is 10.9. The van der Waals surface area contributed by atoms with Crippen molar-refractivity contribution in [2.75, 3.05) is 17.1 Å². The number of carbonyl (C=O) groups is 1. The number of nitrogens with zero attached hydrogens (tertiary/aromatic N) is 1. The minimum atomic E-state index is -3.83. The number of methoxy groups -OCH3 is 1. The van der Waals surface area contributed by atoms with E-state index in [0.29, 0.717) is 22.7 Å². The van der Waals surface area contributed by atoms with Crippen LogP contribution in [0.25, 0.3) is 0 Å². The van der Waals surface area contributed by atoms with E-state index in [0.717, 1.165) is 0 Å². The van der Waals surface area contributed by atoms with Crippen LogP contribution in [0.2, 0.25) is 0 Å². The van der Waals surface area contributed by atoms with Crippen molar-refractivity contribution in [1.29, 1.82) is 0 Å². The Balaban J connectivity index is 1.72. The molecular formula is C21H19N3O6S. The van der Waals surface area contributed by atoms with Crippen molar-refractivity contribution in [2.45, 2.75) is 11.8 Å². The third-order valence-electron chi connectivity index (χ3n) is 4.43. The predicted molar refractivity (Wildman–Crippen MR) is 116 cm³/mol. The third kappa shape index (κ3) is 5.17. The van der Waals surface area contributed by atoms with Crippen LogP contribution in [0.5, 0.6) is 5.75 Å². The lowest BCUT2D eigenvalue weighted by Gasteiger charge is -2.10. The van der Waals surface area contributed by atoms with E-state index >= 15 is 0 Å². The Hall–Kier alpha value is -3.92. The Labute approximate surface area is 178 Å². The van der Waals surface area contributed by atoms with Crippen molar-refractivity contribution >= 4 is 33.0 Å². The highest BCUT2D eigenvalue weighted by molar-refractivity contribution is 7.92. The molecule has 0 radical (unpaired) electrons. The Morgan fingerprint density at radius 3 is 2.16 bits per heavy atom.